The highest BCUT2D eigenvalue weighted by atomic mass is 16.2. The molecule has 216 valence electrons. The van der Waals surface area contributed by atoms with Crippen LogP contribution in [-0.4, -0.2) is 88.1 Å². The van der Waals surface area contributed by atoms with Crippen LogP contribution in [0.3, 0.4) is 0 Å². The molecule has 0 radical (unpaired) electrons. The molecule has 3 aromatic rings. The summed E-state index contributed by atoms with van der Waals surface area (Å²) in [6, 6.07) is 5.49. The number of nitrogens with one attached hydrogen (secondary N) is 4. The topological polar surface area (TPSA) is 131 Å². The maximum Gasteiger partial charge on any atom is 0.246 e. The molecule has 1 fully saturated rings. The van der Waals surface area contributed by atoms with Gasteiger partial charge in [-0.05, 0) is 58.0 Å². The number of carbonyl (C=O) groups is 2. The van der Waals surface area contributed by atoms with E-state index in [1.165, 1.54) is 0 Å². The van der Waals surface area contributed by atoms with Crippen LogP contribution in [-0.2, 0) is 9.59 Å². The zero-order valence-electron chi connectivity index (χ0n) is 24.0. The number of carbonyl (C=O) groups excluding carboxylic acids is 2. The second-order valence-electron chi connectivity index (χ2n) is 10.2. The van der Waals surface area contributed by atoms with Gasteiger partial charge >= 0.3 is 0 Å². The number of anilines is 3. The van der Waals surface area contributed by atoms with Crippen molar-refractivity contribution in [2.75, 3.05) is 50.9 Å². The van der Waals surface area contributed by atoms with Crippen molar-refractivity contribution in [1.29, 1.82) is 0 Å². The molecule has 0 saturated carbocycles. The number of hydrogen-bond acceptors (Lipinski definition) is 8. The molecule has 0 spiro atoms. The first-order chi connectivity index (χ1) is 19.9. The normalized spacial score (nSPS) is 14.8. The Bertz CT molecular complexity index is 1420. The molecule has 1 aromatic carbocycles. The average molecular weight is 558 g/mol. The third kappa shape index (κ3) is 8.53. The Morgan fingerprint density at radius 3 is 2.95 bits per heavy atom. The summed E-state index contributed by atoms with van der Waals surface area (Å²) in [6.45, 7) is 4.66. The first kappa shape index (κ1) is 29.6. The molecule has 2 amide bonds. The van der Waals surface area contributed by atoms with Gasteiger partial charge in [-0.1, -0.05) is 24.8 Å². The number of amides is 2. The molecule has 1 aliphatic heterocycles. The Balaban J connectivity index is 1.28. The van der Waals surface area contributed by atoms with Gasteiger partial charge in [0, 0.05) is 49.7 Å². The Hall–Kier alpha value is -4.43. The first-order valence-corrected chi connectivity index (χ1v) is 14.1. The number of aromatic amines is 1. The van der Waals surface area contributed by atoms with Crippen molar-refractivity contribution in [3.05, 3.63) is 48.3 Å². The van der Waals surface area contributed by atoms with Crippen LogP contribution in [0.5, 0.6) is 0 Å². The highest BCUT2D eigenvalue weighted by Crippen LogP contribution is 2.21. The Labute approximate surface area is 241 Å². The highest BCUT2D eigenvalue weighted by molar-refractivity contribution is 5.93. The minimum absolute atomic E-state index is 0.0981. The number of likely N-dealkylation sites (tertiary alicyclic amines) is 1. The predicted molar refractivity (Wildman–Crippen MR) is 162 cm³/mol. The lowest BCUT2D eigenvalue weighted by Crippen LogP contribution is -2.45. The van der Waals surface area contributed by atoms with Crippen molar-refractivity contribution in [2.45, 2.75) is 45.1 Å². The predicted octanol–water partition coefficient (Wildman–Crippen LogP) is 3.28. The fourth-order valence-corrected chi connectivity index (χ4v) is 4.48. The zero-order chi connectivity index (χ0) is 29.0. The number of likely N-dealkylation sites (N-methyl/N-ethyl adjacent to an activating group) is 1. The van der Waals surface area contributed by atoms with Crippen LogP contribution in [0, 0.1) is 11.8 Å². The van der Waals surface area contributed by atoms with E-state index >= 15 is 0 Å². The minimum atomic E-state index is -0.407. The van der Waals surface area contributed by atoms with Crippen molar-refractivity contribution < 1.29 is 9.59 Å². The van der Waals surface area contributed by atoms with Gasteiger partial charge in [0.1, 0.15) is 11.9 Å². The molecule has 1 atom stereocenters. The third-order valence-corrected chi connectivity index (χ3v) is 6.60. The lowest BCUT2D eigenvalue weighted by Gasteiger charge is -2.22. The molecule has 4 rings (SSSR count). The standard InChI is InChI=1S/C30H39N9O2/c1-4-15-31-28-23(20-33-30(36-28)35-24-14-13-22-21-34-37-25(22)19-24)10-6-5-7-16-32-29(41)26-11-8-18-39(26)27(40)12-9-17-38(2)3/h9,12-14,19-21,26H,4-5,7-8,11,15-18H2,1-3H3,(H,32,41)(H,34,37)(H2,31,33,35,36)/b12-9+/t26-/m0/s1. The van der Waals surface area contributed by atoms with Crippen LogP contribution >= 0.6 is 0 Å². The molecule has 11 heteroatoms. The van der Waals surface area contributed by atoms with Crippen molar-refractivity contribution >= 4 is 40.2 Å². The molecule has 1 saturated heterocycles. The quantitative estimate of drug-likeness (QED) is 0.152. The molecule has 3 heterocycles. The van der Waals surface area contributed by atoms with Gasteiger partial charge in [-0.25, -0.2) is 4.98 Å². The Morgan fingerprint density at radius 2 is 2.12 bits per heavy atom. The number of fused-ring (bicyclic) bond motifs is 1. The van der Waals surface area contributed by atoms with Crippen LogP contribution in [0.4, 0.5) is 17.5 Å². The SMILES string of the molecule is CCCNc1nc(Nc2ccc3cn[nH]c3c2)ncc1C#CCCCNC(=O)[C@@H]1CCCN1C(=O)/C=C/CN(C)C. The fourth-order valence-electron chi connectivity index (χ4n) is 4.48. The van der Waals surface area contributed by atoms with Crippen LogP contribution < -0.4 is 16.0 Å². The van der Waals surface area contributed by atoms with Gasteiger partial charge in [-0.3, -0.25) is 14.7 Å². The summed E-state index contributed by atoms with van der Waals surface area (Å²) in [6.07, 6.45) is 10.7. The molecule has 2 aromatic heterocycles. The molecule has 0 unspecified atom stereocenters. The summed E-state index contributed by atoms with van der Waals surface area (Å²) in [7, 11) is 3.89. The van der Waals surface area contributed by atoms with Crippen LogP contribution in [0.25, 0.3) is 10.9 Å². The van der Waals surface area contributed by atoms with E-state index < -0.39 is 6.04 Å². The van der Waals surface area contributed by atoms with E-state index in [1.807, 2.05) is 43.3 Å². The second-order valence-corrected chi connectivity index (χ2v) is 10.2. The maximum atomic E-state index is 12.7. The lowest BCUT2D eigenvalue weighted by atomic mass is 10.2. The van der Waals surface area contributed by atoms with Crippen molar-refractivity contribution in [1.82, 2.24) is 35.3 Å². The number of unbranched alkanes of at least 4 members (excludes halogenated alkanes) is 1. The smallest absolute Gasteiger partial charge is 0.246 e. The molecule has 41 heavy (non-hydrogen) atoms. The van der Waals surface area contributed by atoms with Gasteiger partial charge in [0.25, 0.3) is 0 Å². The molecular formula is C30H39N9O2. The average Bonchev–Trinajstić information content (AvgIpc) is 3.64. The summed E-state index contributed by atoms with van der Waals surface area (Å²) in [5.41, 5.74) is 2.51. The number of benzene rings is 1. The van der Waals surface area contributed by atoms with Crippen molar-refractivity contribution in [2.24, 2.45) is 0 Å². The number of H-pyrrole nitrogens is 1. The van der Waals surface area contributed by atoms with Gasteiger partial charge in [-0.15, -0.1) is 0 Å². The fraction of sp³-hybridized carbons (Fsp3) is 0.433. The van der Waals surface area contributed by atoms with Gasteiger partial charge in [0.05, 0.1) is 23.5 Å². The maximum absolute atomic E-state index is 12.7. The summed E-state index contributed by atoms with van der Waals surface area (Å²) in [5.74, 6) is 7.30. The molecule has 4 N–H and O–H groups in total. The van der Waals surface area contributed by atoms with Crippen LogP contribution in [0.15, 0.2) is 42.7 Å². The van der Waals surface area contributed by atoms with Crippen molar-refractivity contribution in [3.8, 4) is 11.8 Å². The van der Waals surface area contributed by atoms with E-state index in [0.717, 1.165) is 41.5 Å². The van der Waals surface area contributed by atoms with E-state index in [4.69, 9.17) is 0 Å². The monoisotopic (exact) mass is 557 g/mol. The van der Waals surface area contributed by atoms with Crippen LogP contribution in [0.2, 0.25) is 0 Å². The summed E-state index contributed by atoms with van der Waals surface area (Å²) >= 11 is 0. The van der Waals surface area contributed by atoms with E-state index in [0.29, 0.717) is 50.7 Å². The minimum Gasteiger partial charge on any atom is -0.369 e. The largest absolute Gasteiger partial charge is 0.369 e. The molecular weight excluding hydrogens is 518 g/mol. The Kier molecular flexibility index (Phi) is 10.7. The number of aromatic nitrogens is 4. The zero-order valence-corrected chi connectivity index (χ0v) is 24.0. The number of hydrogen-bond donors (Lipinski definition) is 4. The molecule has 0 aliphatic carbocycles. The molecule has 0 bridgehead atoms. The van der Waals surface area contributed by atoms with E-state index in [9.17, 15) is 9.59 Å². The number of rotatable bonds is 12. The van der Waals surface area contributed by atoms with Crippen LogP contribution in [0.1, 0.15) is 44.6 Å². The van der Waals surface area contributed by atoms with Gasteiger partial charge < -0.3 is 25.8 Å². The summed E-state index contributed by atoms with van der Waals surface area (Å²) in [5, 5.41) is 17.6. The highest BCUT2D eigenvalue weighted by Gasteiger charge is 2.32. The summed E-state index contributed by atoms with van der Waals surface area (Å²) in [4.78, 5) is 38.0. The van der Waals surface area contributed by atoms with E-state index in [2.05, 4.69) is 54.9 Å². The Morgan fingerprint density at radius 1 is 1.24 bits per heavy atom. The molecule has 1 aliphatic rings. The lowest BCUT2D eigenvalue weighted by molar-refractivity contribution is -0.135. The van der Waals surface area contributed by atoms with E-state index in [-0.39, 0.29) is 11.8 Å². The summed E-state index contributed by atoms with van der Waals surface area (Å²) < 4.78 is 0. The third-order valence-electron chi connectivity index (χ3n) is 6.60. The van der Waals surface area contributed by atoms with Gasteiger partial charge in [0.15, 0.2) is 0 Å². The van der Waals surface area contributed by atoms with Crippen molar-refractivity contribution in [3.63, 3.8) is 0 Å². The number of nitrogens with zero attached hydrogens (tertiary/aromatic N) is 5. The molecule has 11 nitrogen and oxygen atoms in total. The van der Waals surface area contributed by atoms with Gasteiger partial charge in [0.2, 0.25) is 17.8 Å². The van der Waals surface area contributed by atoms with Gasteiger partial charge in [-0.2, -0.15) is 10.1 Å². The first-order valence-electron chi connectivity index (χ1n) is 14.1. The van der Waals surface area contributed by atoms with E-state index in [1.54, 1.807) is 23.4 Å². The second kappa shape index (κ2) is 14.8.